The van der Waals surface area contributed by atoms with E-state index in [0.29, 0.717) is 18.8 Å². The van der Waals surface area contributed by atoms with Gasteiger partial charge < -0.3 is 10.2 Å². The second-order valence-electron chi connectivity index (χ2n) is 6.10. The molecule has 1 unspecified atom stereocenters. The molecular weight excluding hydrogens is 188 g/mol. The molecular formula is C13H28O2. The lowest BCUT2D eigenvalue weighted by molar-refractivity contribution is -0.000529. The van der Waals surface area contributed by atoms with Crippen LogP contribution in [0.5, 0.6) is 0 Å². The Hall–Kier alpha value is -0.0800. The summed E-state index contributed by atoms with van der Waals surface area (Å²) in [5, 5.41) is 19.7. The molecule has 0 fully saturated rings. The van der Waals surface area contributed by atoms with Crippen LogP contribution in [0.2, 0.25) is 0 Å². The van der Waals surface area contributed by atoms with Gasteiger partial charge in [-0.05, 0) is 46.0 Å². The van der Waals surface area contributed by atoms with Crippen LogP contribution in [0.1, 0.15) is 66.7 Å². The zero-order valence-corrected chi connectivity index (χ0v) is 11.0. The van der Waals surface area contributed by atoms with E-state index in [4.69, 9.17) is 0 Å². The third-order valence-corrected chi connectivity index (χ3v) is 2.77. The summed E-state index contributed by atoms with van der Waals surface area (Å²) in [6, 6.07) is 0. The molecule has 0 aromatic heterocycles. The minimum absolute atomic E-state index is 0.616. The topological polar surface area (TPSA) is 40.5 Å². The van der Waals surface area contributed by atoms with Crippen molar-refractivity contribution in [3.8, 4) is 0 Å². The Balaban J connectivity index is 3.77. The van der Waals surface area contributed by atoms with E-state index in [2.05, 4.69) is 13.8 Å². The lowest BCUT2D eigenvalue weighted by Crippen LogP contribution is -2.29. The molecule has 0 amide bonds. The summed E-state index contributed by atoms with van der Waals surface area (Å²) >= 11 is 0. The third kappa shape index (κ3) is 10.2. The predicted molar refractivity (Wildman–Crippen MR) is 64.8 cm³/mol. The van der Waals surface area contributed by atoms with Gasteiger partial charge >= 0.3 is 0 Å². The summed E-state index contributed by atoms with van der Waals surface area (Å²) in [5.74, 6) is 0.704. The van der Waals surface area contributed by atoms with Gasteiger partial charge in [0.25, 0.3) is 0 Å². The molecule has 0 radical (unpaired) electrons. The molecule has 0 saturated heterocycles. The van der Waals surface area contributed by atoms with E-state index in [0.717, 1.165) is 12.8 Å². The maximum Gasteiger partial charge on any atom is 0.0620 e. The number of hydrogen-bond donors (Lipinski definition) is 2. The molecule has 0 rings (SSSR count). The smallest absolute Gasteiger partial charge is 0.0620 e. The van der Waals surface area contributed by atoms with Gasteiger partial charge in [-0.1, -0.05) is 26.7 Å². The van der Waals surface area contributed by atoms with Gasteiger partial charge in [-0.25, -0.2) is 0 Å². The highest BCUT2D eigenvalue weighted by Crippen LogP contribution is 2.24. The highest BCUT2D eigenvalue weighted by atomic mass is 16.3. The van der Waals surface area contributed by atoms with E-state index in [1.165, 1.54) is 6.42 Å². The Morgan fingerprint density at radius 3 is 1.87 bits per heavy atom. The lowest BCUT2D eigenvalue weighted by Gasteiger charge is -2.27. The van der Waals surface area contributed by atoms with Gasteiger partial charge in [0.1, 0.15) is 0 Å². The Bertz CT molecular complexity index is 166. The first-order valence-electron chi connectivity index (χ1n) is 6.07. The average Bonchev–Trinajstić information content (AvgIpc) is 1.99. The normalized spacial score (nSPS) is 16.8. The molecule has 2 nitrogen and oxygen atoms in total. The molecule has 1 atom stereocenters. The molecule has 2 N–H and O–H groups in total. The minimum Gasteiger partial charge on any atom is -0.390 e. The Morgan fingerprint density at radius 1 is 0.933 bits per heavy atom. The summed E-state index contributed by atoms with van der Waals surface area (Å²) < 4.78 is 0. The maximum absolute atomic E-state index is 10.1. The van der Waals surface area contributed by atoms with Crippen LogP contribution in [0.3, 0.4) is 0 Å². The zero-order chi connectivity index (χ0) is 12.1. The van der Waals surface area contributed by atoms with Gasteiger partial charge in [0.2, 0.25) is 0 Å². The summed E-state index contributed by atoms with van der Waals surface area (Å²) in [4.78, 5) is 0. The van der Waals surface area contributed by atoms with Crippen molar-refractivity contribution in [1.29, 1.82) is 0 Å². The fourth-order valence-electron chi connectivity index (χ4n) is 1.59. The Kier molecular flexibility index (Phi) is 5.82. The fraction of sp³-hybridized carbons (Fsp3) is 1.00. The standard InChI is InChI=1S/C13H28O2/c1-11(2)7-6-8-13(5,15)10-9-12(3,4)14/h11,14-15H,6-10H2,1-5H3. The second-order valence-corrected chi connectivity index (χ2v) is 6.10. The van der Waals surface area contributed by atoms with Crippen molar-refractivity contribution in [3.05, 3.63) is 0 Å². The summed E-state index contributed by atoms with van der Waals surface area (Å²) in [5.41, 5.74) is -1.28. The van der Waals surface area contributed by atoms with Crippen molar-refractivity contribution in [1.82, 2.24) is 0 Å². The molecule has 92 valence electrons. The highest BCUT2D eigenvalue weighted by Gasteiger charge is 2.23. The van der Waals surface area contributed by atoms with E-state index in [1.54, 1.807) is 13.8 Å². The van der Waals surface area contributed by atoms with Crippen LogP contribution in [0.25, 0.3) is 0 Å². The quantitative estimate of drug-likeness (QED) is 0.686. The molecule has 0 bridgehead atoms. The van der Waals surface area contributed by atoms with Crippen molar-refractivity contribution in [2.45, 2.75) is 77.9 Å². The molecule has 0 aliphatic carbocycles. The molecule has 0 aromatic rings. The summed E-state index contributed by atoms with van der Waals surface area (Å²) in [7, 11) is 0. The van der Waals surface area contributed by atoms with Crippen LogP contribution in [0.4, 0.5) is 0 Å². The first kappa shape index (κ1) is 14.9. The third-order valence-electron chi connectivity index (χ3n) is 2.77. The molecule has 0 spiro atoms. The van der Waals surface area contributed by atoms with E-state index < -0.39 is 11.2 Å². The van der Waals surface area contributed by atoms with Gasteiger partial charge in [-0.3, -0.25) is 0 Å². The zero-order valence-electron chi connectivity index (χ0n) is 11.0. The Morgan fingerprint density at radius 2 is 1.47 bits per heavy atom. The average molecular weight is 216 g/mol. The lowest BCUT2D eigenvalue weighted by atomic mass is 9.88. The monoisotopic (exact) mass is 216 g/mol. The van der Waals surface area contributed by atoms with Crippen LogP contribution >= 0.6 is 0 Å². The van der Waals surface area contributed by atoms with Gasteiger partial charge in [-0.2, -0.15) is 0 Å². The minimum atomic E-state index is -0.665. The van der Waals surface area contributed by atoms with E-state index >= 15 is 0 Å². The number of aliphatic hydroxyl groups is 2. The SMILES string of the molecule is CC(C)CCCC(C)(O)CCC(C)(C)O. The van der Waals surface area contributed by atoms with Crippen LogP contribution in [-0.2, 0) is 0 Å². The van der Waals surface area contributed by atoms with E-state index in [9.17, 15) is 10.2 Å². The largest absolute Gasteiger partial charge is 0.390 e. The fourth-order valence-corrected chi connectivity index (χ4v) is 1.59. The first-order chi connectivity index (χ1) is 6.62. The molecule has 15 heavy (non-hydrogen) atoms. The molecule has 0 heterocycles. The van der Waals surface area contributed by atoms with Crippen LogP contribution in [-0.4, -0.2) is 21.4 Å². The van der Waals surface area contributed by atoms with Crippen LogP contribution in [0, 0.1) is 5.92 Å². The summed E-state index contributed by atoms with van der Waals surface area (Å²) in [6.07, 6.45) is 4.40. The van der Waals surface area contributed by atoms with Gasteiger partial charge in [0.05, 0.1) is 11.2 Å². The van der Waals surface area contributed by atoms with Gasteiger partial charge in [0, 0.05) is 0 Å². The predicted octanol–water partition coefficient (Wildman–Crippen LogP) is 3.11. The van der Waals surface area contributed by atoms with E-state index in [1.807, 2.05) is 6.92 Å². The Labute approximate surface area is 94.7 Å². The van der Waals surface area contributed by atoms with Crippen molar-refractivity contribution in [3.63, 3.8) is 0 Å². The van der Waals surface area contributed by atoms with Gasteiger partial charge in [0.15, 0.2) is 0 Å². The van der Waals surface area contributed by atoms with E-state index in [-0.39, 0.29) is 0 Å². The first-order valence-corrected chi connectivity index (χ1v) is 6.07. The van der Waals surface area contributed by atoms with Crippen LogP contribution in [0.15, 0.2) is 0 Å². The maximum atomic E-state index is 10.1. The molecule has 0 aliphatic rings. The molecule has 0 aromatic carbocycles. The van der Waals surface area contributed by atoms with Crippen molar-refractivity contribution >= 4 is 0 Å². The summed E-state index contributed by atoms with van der Waals surface area (Å²) in [6.45, 7) is 9.85. The van der Waals surface area contributed by atoms with Crippen LogP contribution < -0.4 is 0 Å². The molecule has 0 saturated carbocycles. The van der Waals surface area contributed by atoms with Gasteiger partial charge in [-0.15, -0.1) is 0 Å². The number of rotatable bonds is 7. The van der Waals surface area contributed by atoms with Crippen molar-refractivity contribution in [2.75, 3.05) is 0 Å². The highest BCUT2D eigenvalue weighted by molar-refractivity contribution is 4.77. The molecule has 2 heteroatoms. The second kappa shape index (κ2) is 5.86. The van der Waals surface area contributed by atoms with Crippen molar-refractivity contribution < 1.29 is 10.2 Å². The van der Waals surface area contributed by atoms with Crippen molar-refractivity contribution in [2.24, 2.45) is 5.92 Å². The number of hydrogen-bond acceptors (Lipinski definition) is 2. The molecule has 0 aliphatic heterocycles.